The Kier molecular flexibility index (Phi) is 7.11. The lowest BCUT2D eigenvalue weighted by Gasteiger charge is -2.38. The molecule has 0 bridgehead atoms. The maximum Gasteiger partial charge on any atom is 0.209 e. The molecule has 1 N–H and O–H groups in total. The fourth-order valence-corrected chi connectivity index (χ4v) is 1.60. The average Bonchev–Trinajstić information content (AvgIpc) is 2.40. The molecule has 18 heavy (non-hydrogen) atoms. The lowest BCUT2D eigenvalue weighted by molar-refractivity contribution is -0.332. The van der Waals surface area contributed by atoms with E-state index in [2.05, 4.69) is 0 Å². The van der Waals surface area contributed by atoms with Crippen molar-refractivity contribution in [3.63, 3.8) is 0 Å². The van der Waals surface area contributed by atoms with Crippen molar-refractivity contribution in [3.05, 3.63) is 0 Å². The van der Waals surface area contributed by atoms with Crippen molar-refractivity contribution >= 4 is 0 Å². The van der Waals surface area contributed by atoms with Crippen LogP contribution in [0.1, 0.15) is 40.0 Å². The Morgan fingerprint density at radius 2 is 1.61 bits per heavy atom. The van der Waals surface area contributed by atoms with Crippen molar-refractivity contribution in [3.8, 4) is 0 Å². The smallest absolute Gasteiger partial charge is 0.209 e. The van der Waals surface area contributed by atoms with E-state index in [0.717, 1.165) is 12.8 Å². The lowest BCUT2D eigenvalue weighted by Crippen LogP contribution is -2.51. The van der Waals surface area contributed by atoms with E-state index in [9.17, 15) is 5.11 Å². The van der Waals surface area contributed by atoms with Gasteiger partial charge in [-0.15, -0.1) is 0 Å². The summed E-state index contributed by atoms with van der Waals surface area (Å²) in [7, 11) is 0. The maximum absolute atomic E-state index is 10.0. The summed E-state index contributed by atoms with van der Waals surface area (Å²) in [6.07, 6.45) is 1.38. The largest absolute Gasteiger partial charge is 0.385 e. The monoisotopic (exact) mass is 262 g/mol. The second kappa shape index (κ2) is 8.07. The Morgan fingerprint density at radius 1 is 1.11 bits per heavy atom. The molecule has 0 aromatic carbocycles. The van der Waals surface area contributed by atoms with Crippen molar-refractivity contribution in [1.82, 2.24) is 0 Å². The standard InChI is InChI=1S/C13H26O5/c1-4-7-15-11(16-8-5-2)12-17-9-13(14,6-3)10-18-12/h11-12,14H,4-10H2,1-3H3. The first-order chi connectivity index (χ1) is 8.65. The molecule has 1 aliphatic heterocycles. The molecule has 1 fully saturated rings. The van der Waals surface area contributed by atoms with Gasteiger partial charge >= 0.3 is 0 Å². The zero-order valence-corrected chi connectivity index (χ0v) is 11.7. The highest BCUT2D eigenvalue weighted by atomic mass is 16.8. The fraction of sp³-hybridized carbons (Fsp3) is 1.00. The van der Waals surface area contributed by atoms with Gasteiger partial charge in [-0.1, -0.05) is 20.8 Å². The molecule has 0 unspecified atom stereocenters. The molecule has 5 heteroatoms. The van der Waals surface area contributed by atoms with Crippen LogP contribution in [0.4, 0.5) is 0 Å². The summed E-state index contributed by atoms with van der Waals surface area (Å²) in [5.41, 5.74) is -0.878. The van der Waals surface area contributed by atoms with E-state index in [1.165, 1.54) is 0 Å². The van der Waals surface area contributed by atoms with Crippen molar-refractivity contribution in [1.29, 1.82) is 0 Å². The van der Waals surface area contributed by atoms with E-state index >= 15 is 0 Å². The quantitative estimate of drug-likeness (QED) is 0.674. The van der Waals surface area contributed by atoms with Crippen LogP contribution in [0.5, 0.6) is 0 Å². The van der Waals surface area contributed by atoms with Crippen molar-refractivity contribution in [2.75, 3.05) is 26.4 Å². The SMILES string of the molecule is CCCOC(OCCC)C1OCC(O)(CC)CO1. The molecule has 1 heterocycles. The van der Waals surface area contributed by atoms with E-state index < -0.39 is 18.2 Å². The highest BCUT2D eigenvalue weighted by Crippen LogP contribution is 2.22. The molecule has 0 radical (unpaired) electrons. The minimum Gasteiger partial charge on any atom is -0.385 e. The van der Waals surface area contributed by atoms with Crippen LogP contribution in [0.2, 0.25) is 0 Å². The molecule has 1 aliphatic rings. The molecular formula is C13H26O5. The molecule has 0 aliphatic carbocycles. The molecule has 5 nitrogen and oxygen atoms in total. The molecule has 0 spiro atoms. The predicted molar refractivity (Wildman–Crippen MR) is 67.2 cm³/mol. The Bertz CT molecular complexity index is 205. The highest BCUT2D eigenvalue weighted by Gasteiger charge is 2.37. The summed E-state index contributed by atoms with van der Waals surface area (Å²) in [5, 5.41) is 10.0. The van der Waals surface area contributed by atoms with Gasteiger partial charge in [-0.05, 0) is 19.3 Å². The molecule has 0 atom stereocenters. The van der Waals surface area contributed by atoms with Gasteiger partial charge in [0, 0.05) is 13.2 Å². The molecule has 1 saturated heterocycles. The van der Waals surface area contributed by atoms with E-state index in [1.54, 1.807) is 0 Å². The zero-order chi connectivity index (χ0) is 13.4. The Balaban J connectivity index is 2.43. The summed E-state index contributed by atoms with van der Waals surface area (Å²) in [6.45, 7) is 7.72. The average molecular weight is 262 g/mol. The van der Waals surface area contributed by atoms with Gasteiger partial charge in [0.1, 0.15) is 5.60 Å². The van der Waals surface area contributed by atoms with Crippen LogP contribution in [0.25, 0.3) is 0 Å². The second-order valence-electron chi connectivity index (χ2n) is 4.68. The van der Waals surface area contributed by atoms with Crippen molar-refractivity contribution in [2.24, 2.45) is 0 Å². The first-order valence-corrected chi connectivity index (χ1v) is 6.84. The summed E-state index contributed by atoms with van der Waals surface area (Å²) >= 11 is 0. The van der Waals surface area contributed by atoms with Crippen LogP contribution in [0, 0.1) is 0 Å². The van der Waals surface area contributed by atoms with E-state index in [4.69, 9.17) is 18.9 Å². The van der Waals surface area contributed by atoms with Crippen LogP contribution >= 0.6 is 0 Å². The minimum atomic E-state index is -0.878. The number of hydrogen-bond donors (Lipinski definition) is 1. The van der Waals surface area contributed by atoms with Crippen LogP contribution < -0.4 is 0 Å². The predicted octanol–water partition coefficient (Wildman–Crippen LogP) is 1.68. The Morgan fingerprint density at radius 3 is 2.00 bits per heavy atom. The fourth-order valence-electron chi connectivity index (χ4n) is 1.60. The van der Waals surface area contributed by atoms with E-state index in [1.807, 2.05) is 20.8 Å². The Hall–Kier alpha value is -0.200. The van der Waals surface area contributed by atoms with Crippen LogP contribution in [-0.4, -0.2) is 49.7 Å². The van der Waals surface area contributed by atoms with E-state index in [0.29, 0.717) is 19.6 Å². The summed E-state index contributed by atoms with van der Waals surface area (Å²) in [6, 6.07) is 0. The van der Waals surface area contributed by atoms with Crippen molar-refractivity contribution < 1.29 is 24.1 Å². The number of aliphatic hydroxyl groups is 1. The van der Waals surface area contributed by atoms with Gasteiger partial charge in [-0.2, -0.15) is 0 Å². The van der Waals surface area contributed by atoms with Gasteiger partial charge in [0.15, 0.2) is 0 Å². The van der Waals surface area contributed by atoms with Crippen molar-refractivity contribution in [2.45, 2.75) is 58.2 Å². The first kappa shape index (κ1) is 15.9. The highest BCUT2D eigenvalue weighted by molar-refractivity contribution is 4.79. The molecule has 108 valence electrons. The molecular weight excluding hydrogens is 236 g/mol. The number of ether oxygens (including phenoxy) is 4. The number of hydrogen-bond acceptors (Lipinski definition) is 5. The maximum atomic E-state index is 10.0. The van der Waals surface area contributed by atoms with E-state index in [-0.39, 0.29) is 13.2 Å². The van der Waals surface area contributed by atoms with Crippen LogP contribution in [0.15, 0.2) is 0 Å². The zero-order valence-electron chi connectivity index (χ0n) is 11.7. The van der Waals surface area contributed by atoms with Gasteiger partial charge in [0.25, 0.3) is 0 Å². The van der Waals surface area contributed by atoms with Gasteiger partial charge in [-0.25, -0.2) is 0 Å². The molecule has 0 aromatic heterocycles. The third-order valence-electron chi connectivity index (χ3n) is 2.89. The van der Waals surface area contributed by atoms with Crippen LogP contribution in [-0.2, 0) is 18.9 Å². The summed E-state index contributed by atoms with van der Waals surface area (Å²) in [4.78, 5) is 0. The minimum absolute atomic E-state index is 0.260. The molecule has 0 saturated carbocycles. The van der Waals surface area contributed by atoms with Gasteiger partial charge in [-0.3, -0.25) is 0 Å². The Labute approximate surface area is 109 Å². The molecule has 0 aromatic rings. The third kappa shape index (κ3) is 4.82. The van der Waals surface area contributed by atoms with Gasteiger partial charge in [0.05, 0.1) is 13.2 Å². The summed E-state index contributed by atoms with van der Waals surface area (Å²) in [5.74, 6) is 0. The topological polar surface area (TPSA) is 57.2 Å². The third-order valence-corrected chi connectivity index (χ3v) is 2.89. The number of rotatable bonds is 8. The molecule has 0 amide bonds. The molecule has 1 rings (SSSR count). The van der Waals surface area contributed by atoms with Crippen LogP contribution in [0.3, 0.4) is 0 Å². The normalized spacial score (nSPS) is 28.8. The van der Waals surface area contributed by atoms with Gasteiger partial charge < -0.3 is 24.1 Å². The summed E-state index contributed by atoms with van der Waals surface area (Å²) < 4.78 is 22.2. The second-order valence-corrected chi connectivity index (χ2v) is 4.68. The van der Waals surface area contributed by atoms with Gasteiger partial charge in [0.2, 0.25) is 12.6 Å². The lowest BCUT2D eigenvalue weighted by atomic mass is 10.0. The first-order valence-electron chi connectivity index (χ1n) is 6.84.